The van der Waals surface area contributed by atoms with Crippen LogP contribution < -0.4 is 16.4 Å². The number of β-lactam (4-membered cyclic amide) rings is 1. The summed E-state index contributed by atoms with van der Waals surface area (Å²) in [5, 5.41) is 23.8. The molecule has 13 nitrogen and oxygen atoms in total. The Bertz CT molecular complexity index is 1180. The first-order valence-corrected chi connectivity index (χ1v) is 13.7. The minimum Gasteiger partial charge on any atom is -0.481 e. The molecule has 0 radical (unpaired) electrons. The normalized spacial score (nSPS) is 22.8. The Morgan fingerprint density at radius 1 is 1.18 bits per heavy atom. The molecule has 2 saturated heterocycles. The number of hydrogen-bond acceptors (Lipinski definition) is 8. The highest BCUT2D eigenvalue weighted by atomic mass is 32.2. The first-order chi connectivity index (χ1) is 18.6. The number of fused-ring (bicyclic) bond motifs is 1. The number of carboxylic acids is 2. The topological polar surface area (TPSA) is 205 Å². The van der Waals surface area contributed by atoms with Crippen molar-refractivity contribution in [1.29, 1.82) is 0 Å². The van der Waals surface area contributed by atoms with E-state index in [1.807, 2.05) is 32.9 Å². The molecular formula is C26H34N4O9S. The molecule has 0 aliphatic carbocycles. The van der Waals surface area contributed by atoms with Crippen LogP contribution in [0.3, 0.4) is 0 Å². The van der Waals surface area contributed by atoms with Gasteiger partial charge >= 0.3 is 18.0 Å². The van der Waals surface area contributed by atoms with Crippen LogP contribution in [0, 0.1) is 5.41 Å². The van der Waals surface area contributed by atoms with E-state index in [-0.39, 0.29) is 37.0 Å². The molecule has 3 rings (SSSR count). The number of carbonyl (C=O) groups excluding carboxylic acids is 4. The van der Waals surface area contributed by atoms with Gasteiger partial charge in [-0.25, -0.2) is 9.59 Å². The van der Waals surface area contributed by atoms with Gasteiger partial charge in [0.1, 0.15) is 29.5 Å². The van der Waals surface area contributed by atoms with Crippen LogP contribution in [-0.2, 0) is 29.3 Å². The molecule has 2 aliphatic heterocycles. The van der Waals surface area contributed by atoms with E-state index in [4.69, 9.17) is 10.5 Å². The Morgan fingerprint density at radius 2 is 1.82 bits per heavy atom. The molecule has 6 N–H and O–H groups in total. The Labute approximate surface area is 235 Å². The zero-order chi connectivity index (χ0) is 29.8. The number of rotatable bonds is 11. The second-order valence-corrected chi connectivity index (χ2v) is 12.1. The van der Waals surface area contributed by atoms with E-state index in [9.17, 15) is 39.0 Å². The number of nitrogens with two attached hydrogens (primary N) is 1. The average Bonchev–Trinajstić information content (AvgIpc) is 2.89. The fourth-order valence-electron chi connectivity index (χ4n) is 4.45. The molecule has 0 spiro atoms. The van der Waals surface area contributed by atoms with E-state index in [0.717, 1.165) is 17.3 Å². The van der Waals surface area contributed by atoms with E-state index >= 15 is 0 Å². The second kappa shape index (κ2) is 12.1. The third-order valence-corrected chi connectivity index (χ3v) is 8.51. The van der Waals surface area contributed by atoms with Crippen LogP contribution in [0.4, 0.5) is 4.79 Å². The number of benzene rings is 1. The maximum Gasteiger partial charge on any atom is 0.404 e. The maximum absolute atomic E-state index is 12.6. The SMILES string of the molecule is CC(C)(C)c1ccc(C(=O)NC(CCCC(=O)NC2C(=O)N3CC(COC(N)=O)(C(=O)O)CS[C@H]23)C(=O)O)cc1. The van der Waals surface area contributed by atoms with Crippen LogP contribution >= 0.6 is 11.8 Å². The fourth-order valence-corrected chi connectivity index (χ4v) is 5.97. The van der Waals surface area contributed by atoms with Crippen molar-refractivity contribution in [3.8, 4) is 0 Å². The molecule has 2 fully saturated rings. The molecule has 1 aromatic carbocycles. The molecular weight excluding hydrogens is 544 g/mol. The lowest BCUT2D eigenvalue weighted by atomic mass is 9.86. The predicted octanol–water partition coefficient (Wildman–Crippen LogP) is 0.904. The lowest BCUT2D eigenvalue weighted by Gasteiger charge is -2.53. The highest BCUT2D eigenvalue weighted by molar-refractivity contribution is 8.00. The molecule has 3 unspecified atom stereocenters. The number of primary amides is 1. The number of nitrogens with zero attached hydrogens (tertiary/aromatic N) is 1. The van der Waals surface area contributed by atoms with Crippen molar-refractivity contribution < 1.29 is 43.7 Å². The van der Waals surface area contributed by atoms with Crippen molar-refractivity contribution >= 4 is 47.5 Å². The van der Waals surface area contributed by atoms with Gasteiger partial charge in [0.2, 0.25) is 11.8 Å². The van der Waals surface area contributed by atoms with Crippen LogP contribution in [-0.4, -0.2) is 87.2 Å². The van der Waals surface area contributed by atoms with Crippen molar-refractivity contribution in [1.82, 2.24) is 15.5 Å². The van der Waals surface area contributed by atoms with Gasteiger partial charge in [-0.2, -0.15) is 0 Å². The quantitative estimate of drug-likeness (QED) is 0.235. The Hall–Kier alpha value is -3.81. The number of carboxylic acid groups (broad SMARTS) is 2. The van der Waals surface area contributed by atoms with Gasteiger partial charge in [-0.3, -0.25) is 19.2 Å². The van der Waals surface area contributed by atoms with E-state index in [2.05, 4.69) is 10.6 Å². The Balaban J connectivity index is 1.48. The molecule has 0 aromatic heterocycles. The third-order valence-electron chi connectivity index (χ3n) is 6.92. The van der Waals surface area contributed by atoms with Crippen LogP contribution in [0.1, 0.15) is 56.0 Å². The number of nitrogens with one attached hydrogen (secondary N) is 2. The van der Waals surface area contributed by atoms with Gasteiger partial charge in [0.25, 0.3) is 5.91 Å². The highest BCUT2D eigenvalue weighted by Gasteiger charge is 2.58. The summed E-state index contributed by atoms with van der Waals surface area (Å²) in [5.41, 5.74) is 4.70. The molecule has 14 heteroatoms. The number of ether oxygens (including phenoxy) is 1. The van der Waals surface area contributed by atoms with Gasteiger partial charge in [0, 0.05) is 24.3 Å². The second-order valence-electron chi connectivity index (χ2n) is 11.0. The zero-order valence-corrected chi connectivity index (χ0v) is 23.3. The lowest BCUT2D eigenvalue weighted by molar-refractivity contribution is -0.161. The molecule has 40 heavy (non-hydrogen) atoms. The van der Waals surface area contributed by atoms with Crippen molar-refractivity contribution in [2.75, 3.05) is 18.9 Å². The van der Waals surface area contributed by atoms with Crippen molar-refractivity contribution in [3.05, 3.63) is 35.4 Å². The summed E-state index contributed by atoms with van der Waals surface area (Å²) in [4.78, 5) is 73.5. The monoisotopic (exact) mass is 578 g/mol. The summed E-state index contributed by atoms with van der Waals surface area (Å²) in [6.45, 7) is 5.44. The van der Waals surface area contributed by atoms with E-state index in [0.29, 0.717) is 5.56 Å². The molecule has 1 aromatic rings. The molecule has 2 heterocycles. The number of aliphatic carboxylic acids is 2. The minimum atomic E-state index is -1.51. The third kappa shape index (κ3) is 7.03. The standard InChI is InChI=1S/C26H34N4O9S/c1-25(2,3)15-9-7-14(8-10-15)19(32)28-16(22(34)35)5-4-6-17(31)29-18-20(33)30-11-26(23(36)37,12-39-24(27)38)13-40-21(18)30/h7-10,16,18,21H,4-6,11-13H2,1-3H3,(H2,27,38)(H,28,32)(H,29,31)(H,34,35)(H,36,37)/t16?,18?,21-,26?/m1/s1. The number of amides is 4. The summed E-state index contributed by atoms with van der Waals surface area (Å²) in [7, 11) is 0. The number of hydrogen-bond donors (Lipinski definition) is 5. The summed E-state index contributed by atoms with van der Waals surface area (Å²) in [6, 6.07) is 4.85. The predicted molar refractivity (Wildman–Crippen MR) is 143 cm³/mol. The Kier molecular flexibility index (Phi) is 9.33. The molecule has 0 bridgehead atoms. The molecule has 4 atom stereocenters. The first-order valence-electron chi connectivity index (χ1n) is 12.7. The fraction of sp³-hybridized carbons (Fsp3) is 0.538. The lowest BCUT2D eigenvalue weighted by Crippen LogP contribution is -2.74. The summed E-state index contributed by atoms with van der Waals surface area (Å²) in [5.74, 6) is -3.91. The minimum absolute atomic E-state index is 0.00151. The smallest absolute Gasteiger partial charge is 0.404 e. The maximum atomic E-state index is 12.6. The average molecular weight is 579 g/mol. The number of carbonyl (C=O) groups is 6. The van der Waals surface area contributed by atoms with Gasteiger partial charge in [-0.05, 0) is 36.0 Å². The van der Waals surface area contributed by atoms with Crippen LogP contribution in [0.2, 0.25) is 0 Å². The summed E-state index contributed by atoms with van der Waals surface area (Å²) < 4.78 is 4.70. The van der Waals surface area contributed by atoms with Gasteiger partial charge in [0.15, 0.2) is 0 Å². The van der Waals surface area contributed by atoms with E-state index < -0.39 is 65.2 Å². The van der Waals surface area contributed by atoms with Crippen LogP contribution in [0.15, 0.2) is 24.3 Å². The van der Waals surface area contributed by atoms with Crippen molar-refractivity contribution in [3.63, 3.8) is 0 Å². The molecule has 0 saturated carbocycles. The van der Waals surface area contributed by atoms with Gasteiger partial charge in [-0.1, -0.05) is 32.9 Å². The van der Waals surface area contributed by atoms with Crippen LogP contribution in [0.25, 0.3) is 0 Å². The van der Waals surface area contributed by atoms with Gasteiger partial charge in [-0.15, -0.1) is 11.8 Å². The summed E-state index contributed by atoms with van der Waals surface area (Å²) in [6.07, 6.45) is -1.06. The first kappa shape index (κ1) is 30.7. The largest absolute Gasteiger partial charge is 0.481 e. The van der Waals surface area contributed by atoms with Gasteiger partial charge in [0.05, 0.1) is 0 Å². The number of thioether (sulfide) groups is 1. The van der Waals surface area contributed by atoms with E-state index in [1.54, 1.807) is 12.1 Å². The molecule has 4 amide bonds. The summed E-state index contributed by atoms with van der Waals surface area (Å²) >= 11 is 1.15. The zero-order valence-electron chi connectivity index (χ0n) is 22.5. The van der Waals surface area contributed by atoms with E-state index in [1.165, 1.54) is 4.90 Å². The van der Waals surface area contributed by atoms with Gasteiger partial charge < -0.3 is 36.2 Å². The van der Waals surface area contributed by atoms with Crippen molar-refractivity contribution in [2.24, 2.45) is 11.1 Å². The highest BCUT2D eigenvalue weighted by Crippen LogP contribution is 2.42. The molecule has 218 valence electrons. The van der Waals surface area contributed by atoms with Crippen LogP contribution in [0.5, 0.6) is 0 Å². The molecule has 2 aliphatic rings. The van der Waals surface area contributed by atoms with Crippen molar-refractivity contribution in [2.45, 2.75) is 62.9 Å². The Morgan fingerprint density at radius 3 is 2.38 bits per heavy atom.